The smallest absolute Gasteiger partial charge is 0.275 e. The van der Waals surface area contributed by atoms with Crippen LogP contribution in [0.3, 0.4) is 0 Å². The third-order valence-corrected chi connectivity index (χ3v) is 5.46. The molecule has 31 heavy (non-hydrogen) atoms. The summed E-state index contributed by atoms with van der Waals surface area (Å²) < 4.78 is 5.87. The van der Waals surface area contributed by atoms with E-state index in [0.29, 0.717) is 17.9 Å². The fraction of sp³-hybridized carbons (Fsp3) is 0.231. The summed E-state index contributed by atoms with van der Waals surface area (Å²) in [6.07, 6.45) is 4.20. The summed E-state index contributed by atoms with van der Waals surface area (Å²) in [5.74, 6) is 0.233. The largest absolute Gasteiger partial charge is 0.488 e. The molecule has 1 fully saturated rings. The van der Waals surface area contributed by atoms with Crippen LogP contribution in [0.1, 0.15) is 39.9 Å². The van der Waals surface area contributed by atoms with Gasteiger partial charge in [-0.15, -0.1) is 0 Å². The highest BCUT2D eigenvalue weighted by Crippen LogP contribution is 2.23. The van der Waals surface area contributed by atoms with E-state index in [4.69, 9.17) is 4.74 Å². The van der Waals surface area contributed by atoms with E-state index in [0.717, 1.165) is 29.8 Å². The lowest BCUT2D eigenvalue weighted by molar-refractivity contribution is 0.0950. The first-order valence-electron chi connectivity index (χ1n) is 10.7. The van der Waals surface area contributed by atoms with Gasteiger partial charge in [0, 0.05) is 18.8 Å². The molecule has 0 aliphatic carbocycles. The molecule has 0 saturated carbocycles. The van der Waals surface area contributed by atoms with Gasteiger partial charge in [0.25, 0.3) is 5.91 Å². The van der Waals surface area contributed by atoms with Crippen molar-refractivity contribution in [3.8, 4) is 5.75 Å². The Morgan fingerprint density at radius 1 is 1.03 bits per heavy atom. The van der Waals surface area contributed by atoms with Crippen LogP contribution in [0.15, 0.2) is 77.9 Å². The molecule has 0 aromatic heterocycles. The Hall–Kier alpha value is -3.60. The van der Waals surface area contributed by atoms with E-state index in [1.54, 1.807) is 18.3 Å². The van der Waals surface area contributed by atoms with Gasteiger partial charge < -0.3 is 9.64 Å². The highest BCUT2D eigenvalue weighted by molar-refractivity contribution is 5.97. The van der Waals surface area contributed by atoms with Crippen LogP contribution in [0, 0.1) is 6.92 Å². The van der Waals surface area contributed by atoms with Gasteiger partial charge in [0.1, 0.15) is 12.4 Å². The Kier molecular flexibility index (Phi) is 6.62. The zero-order chi connectivity index (χ0) is 21.5. The third-order valence-electron chi connectivity index (χ3n) is 5.46. The lowest BCUT2D eigenvalue weighted by Gasteiger charge is -2.18. The number of nitrogens with one attached hydrogen (secondary N) is 1. The Bertz CT molecular complexity index is 1060. The van der Waals surface area contributed by atoms with E-state index in [9.17, 15) is 4.79 Å². The van der Waals surface area contributed by atoms with E-state index >= 15 is 0 Å². The average molecular weight is 414 g/mol. The minimum atomic E-state index is -0.300. The Labute approximate surface area is 183 Å². The van der Waals surface area contributed by atoms with Crippen LogP contribution in [0.2, 0.25) is 0 Å². The zero-order valence-corrected chi connectivity index (χ0v) is 17.8. The molecule has 0 radical (unpaired) electrons. The van der Waals surface area contributed by atoms with Crippen LogP contribution >= 0.6 is 0 Å². The average Bonchev–Trinajstić information content (AvgIpc) is 3.34. The van der Waals surface area contributed by atoms with Crippen molar-refractivity contribution in [3.05, 3.63) is 95.1 Å². The Morgan fingerprint density at radius 2 is 1.77 bits per heavy atom. The maximum atomic E-state index is 12.7. The van der Waals surface area contributed by atoms with Crippen LogP contribution in [0.25, 0.3) is 0 Å². The van der Waals surface area contributed by atoms with E-state index in [1.807, 2.05) is 42.5 Å². The molecule has 1 N–H and O–H groups in total. The summed E-state index contributed by atoms with van der Waals surface area (Å²) in [5, 5.41) is 4.17. The number of hydrazone groups is 1. The molecule has 3 aromatic carbocycles. The first-order valence-corrected chi connectivity index (χ1v) is 10.7. The number of aryl methyl sites for hydroxylation is 1. The molecule has 1 amide bonds. The van der Waals surface area contributed by atoms with Crippen molar-refractivity contribution in [2.45, 2.75) is 26.4 Å². The molecule has 158 valence electrons. The molecule has 1 aliphatic rings. The monoisotopic (exact) mass is 413 g/mol. The summed E-state index contributed by atoms with van der Waals surface area (Å²) >= 11 is 0. The summed E-state index contributed by atoms with van der Waals surface area (Å²) in [7, 11) is 0. The minimum absolute atomic E-state index is 0.300. The van der Waals surface area contributed by atoms with Crippen molar-refractivity contribution in [1.29, 1.82) is 0 Å². The molecule has 3 aromatic rings. The molecule has 0 unspecified atom stereocenters. The second-order valence-corrected chi connectivity index (χ2v) is 7.70. The highest BCUT2D eigenvalue weighted by Gasteiger charge is 2.13. The second-order valence-electron chi connectivity index (χ2n) is 7.70. The number of hydrogen-bond donors (Lipinski definition) is 1. The Balaban J connectivity index is 1.39. The Morgan fingerprint density at radius 3 is 2.55 bits per heavy atom. The standard InChI is InChI=1S/C26H27N3O2/c1-20-17-23(29-15-7-8-16-29)14-13-22(20)18-27-28-26(30)24-11-5-6-12-25(24)31-19-21-9-3-2-4-10-21/h2-6,9-14,17-18H,7-8,15-16,19H2,1H3,(H,28,30)/b27-18+. The molecule has 1 heterocycles. The van der Waals surface area contributed by atoms with E-state index < -0.39 is 0 Å². The molecule has 5 heteroatoms. The minimum Gasteiger partial charge on any atom is -0.488 e. The summed E-state index contributed by atoms with van der Waals surface area (Å²) in [6.45, 7) is 4.70. The quantitative estimate of drug-likeness (QED) is 0.441. The van der Waals surface area contributed by atoms with Gasteiger partial charge in [0.15, 0.2) is 0 Å². The van der Waals surface area contributed by atoms with Crippen molar-refractivity contribution in [1.82, 2.24) is 5.43 Å². The number of hydrogen-bond acceptors (Lipinski definition) is 4. The predicted octanol–water partition coefficient (Wildman–Crippen LogP) is 4.94. The molecule has 0 atom stereocenters. The molecule has 5 nitrogen and oxygen atoms in total. The maximum Gasteiger partial charge on any atom is 0.275 e. The molecular weight excluding hydrogens is 386 g/mol. The lowest BCUT2D eigenvalue weighted by Crippen LogP contribution is -2.19. The van der Waals surface area contributed by atoms with E-state index in [1.165, 1.54) is 18.5 Å². The van der Waals surface area contributed by atoms with Crippen LogP contribution in [-0.2, 0) is 6.61 Å². The fourth-order valence-corrected chi connectivity index (χ4v) is 3.71. The molecule has 1 aliphatic heterocycles. The van der Waals surface area contributed by atoms with E-state index in [-0.39, 0.29) is 5.91 Å². The number of carbonyl (C=O) groups is 1. The van der Waals surface area contributed by atoms with Crippen molar-refractivity contribution in [2.24, 2.45) is 5.10 Å². The topological polar surface area (TPSA) is 53.9 Å². The summed E-state index contributed by atoms with van der Waals surface area (Å²) in [6, 6.07) is 23.4. The third kappa shape index (κ3) is 5.31. The molecular formula is C26H27N3O2. The van der Waals surface area contributed by atoms with Crippen molar-refractivity contribution < 1.29 is 9.53 Å². The van der Waals surface area contributed by atoms with Crippen molar-refractivity contribution >= 4 is 17.8 Å². The summed E-state index contributed by atoms with van der Waals surface area (Å²) in [5.41, 5.74) is 7.49. The number of anilines is 1. The first kappa shape index (κ1) is 20.7. The van der Waals surface area contributed by atoms with Crippen molar-refractivity contribution in [3.63, 3.8) is 0 Å². The van der Waals surface area contributed by atoms with Gasteiger partial charge in [-0.25, -0.2) is 5.43 Å². The van der Waals surface area contributed by atoms with Crippen LogP contribution < -0.4 is 15.1 Å². The summed E-state index contributed by atoms with van der Waals surface area (Å²) in [4.78, 5) is 15.1. The number of rotatable bonds is 7. The van der Waals surface area contributed by atoms with Crippen molar-refractivity contribution in [2.75, 3.05) is 18.0 Å². The van der Waals surface area contributed by atoms with E-state index in [2.05, 4.69) is 40.5 Å². The van der Waals surface area contributed by atoms with Crippen LogP contribution in [0.5, 0.6) is 5.75 Å². The number of nitrogens with zero attached hydrogens (tertiary/aromatic N) is 2. The SMILES string of the molecule is Cc1cc(N2CCCC2)ccc1/C=N/NC(=O)c1ccccc1OCc1ccccc1. The number of ether oxygens (including phenoxy) is 1. The van der Waals surface area contributed by atoms with Gasteiger partial charge in [0.2, 0.25) is 0 Å². The number of para-hydroxylation sites is 1. The van der Waals surface area contributed by atoms with Crippen LogP contribution in [0.4, 0.5) is 5.69 Å². The highest BCUT2D eigenvalue weighted by atomic mass is 16.5. The molecule has 4 rings (SSSR count). The molecule has 0 bridgehead atoms. The number of amides is 1. The molecule has 0 spiro atoms. The second kappa shape index (κ2) is 9.94. The first-order chi connectivity index (χ1) is 15.2. The molecule has 1 saturated heterocycles. The van der Waals surface area contributed by atoms with Gasteiger partial charge in [-0.05, 0) is 60.7 Å². The fourth-order valence-electron chi connectivity index (χ4n) is 3.71. The number of benzene rings is 3. The predicted molar refractivity (Wildman–Crippen MR) is 125 cm³/mol. The van der Waals surface area contributed by atoms with Gasteiger partial charge in [-0.2, -0.15) is 5.10 Å². The van der Waals surface area contributed by atoms with Gasteiger partial charge in [-0.1, -0.05) is 48.5 Å². The maximum absolute atomic E-state index is 12.7. The van der Waals surface area contributed by atoms with Gasteiger partial charge in [-0.3, -0.25) is 4.79 Å². The number of carbonyl (C=O) groups excluding carboxylic acids is 1. The van der Waals surface area contributed by atoms with Crippen LogP contribution in [-0.4, -0.2) is 25.2 Å². The van der Waals surface area contributed by atoms with Gasteiger partial charge >= 0.3 is 0 Å². The van der Waals surface area contributed by atoms with Gasteiger partial charge in [0.05, 0.1) is 11.8 Å². The normalized spacial score (nSPS) is 13.5. The lowest BCUT2D eigenvalue weighted by atomic mass is 10.1. The zero-order valence-electron chi connectivity index (χ0n) is 17.8.